The van der Waals surface area contributed by atoms with Gasteiger partial charge in [-0.1, -0.05) is 35.5 Å². The Bertz CT molecular complexity index is 902. The normalized spacial score (nSPS) is 15.8. The summed E-state index contributed by atoms with van der Waals surface area (Å²) in [6.45, 7) is 3.24. The summed E-state index contributed by atoms with van der Waals surface area (Å²) < 4.78 is 1.62. The first kappa shape index (κ1) is 15.5. The quantitative estimate of drug-likeness (QED) is 0.766. The van der Waals surface area contributed by atoms with Crippen LogP contribution < -0.4 is 10.2 Å². The maximum atomic E-state index is 12.5. The highest BCUT2D eigenvalue weighted by Gasteiger charge is 2.35. The van der Waals surface area contributed by atoms with Gasteiger partial charge in [0.05, 0.1) is 12.0 Å². The van der Waals surface area contributed by atoms with Gasteiger partial charge in [-0.25, -0.2) is 14.6 Å². The van der Waals surface area contributed by atoms with E-state index in [0.717, 1.165) is 11.4 Å². The number of rotatable bonds is 4. The van der Waals surface area contributed by atoms with Gasteiger partial charge in [0, 0.05) is 20.1 Å². The summed E-state index contributed by atoms with van der Waals surface area (Å²) >= 11 is 0. The van der Waals surface area contributed by atoms with Crippen molar-refractivity contribution < 1.29 is 4.79 Å². The van der Waals surface area contributed by atoms with Crippen molar-refractivity contribution in [2.24, 2.45) is 13.0 Å². The number of hydrogen-bond donors (Lipinski definition) is 1. The van der Waals surface area contributed by atoms with Crippen LogP contribution in [0.2, 0.25) is 0 Å². The molecule has 8 nitrogen and oxygen atoms in total. The predicted molar refractivity (Wildman–Crippen MR) is 92.8 cm³/mol. The molecule has 0 saturated carbocycles. The van der Waals surface area contributed by atoms with Crippen molar-refractivity contribution in [3.05, 3.63) is 42.2 Å². The van der Waals surface area contributed by atoms with Gasteiger partial charge in [-0.3, -0.25) is 4.79 Å². The molecule has 0 radical (unpaired) electrons. The second-order valence-corrected chi connectivity index (χ2v) is 6.33. The summed E-state index contributed by atoms with van der Waals surface area (Å²) in [5.41, 5.74) is 2.46. The average molecular weight is 337 g/mol. The number of anilines is 1. The predicted octanol–water partition coefficient (Wildman–Crippen LogP) is 1.07. The summed E-state index contributed by atoms with van der Waals surface area (Å²) in [6, 6.07) is 9.95. The molecule has 1 aliphatic rings. The van der Waals surface area contributed by atoms with E-state index in [-0.39, 0.29) is 17.9 Å². The number of benzene rings is 1. The Hall–Kier alpha value is -3.03. The Morgan fingerprint density at radius 2 is 2.00 bits per heavy atom. The van der Waals surface area contributed by atoms with Gasteiger partial charge >= 0.3 is 0 Å². The van der Waals surface area contributed by atoms with E-state index >= 15 is 0 Å². The second kappa shape index (κ2) is 6.12. The molecule has 3 aromatic rings. The first-order valence-electron chi connectivity index (χ1n) is 8.24. The number of carbonyl (C=O) groups excluding carboxylic acids is 1. The van der Waals surface area contributed by atoms with Crippen molar-refractivity contribution in [1.29, 1.82) is 0 Å². The molecule has 4 rings (SSSR count). The van der Waals surface area contributed by atoms with Gasteiger partial charge in [-0.05, 0) is 12.5 Å². The van der Waals surface area contributed by atoms with E-state index in [1.165, 1.54) is 6.33 Å². The number of nitrogens with one attached hydrogen (secondary N) is 1. The maximum absolute atomic E-state index is 12.5. The van der Waals surface area contributed by atoms with Crippen LogP contribution in [0, 0.1) is 5.92 Å². The molecule has 0 bridgehead atoms. The van der Waals surface area contributed by atoms with Crippen molar-refractivity contribution in [3.8, 4) is 0 Å². The monoisotopic (exact) mass is 337 g/mol. The minimum absolute atomic E-state index is 0.00602. The standard InChI is InChI=1S/C17H19N7O/c1-11(12-6-4-3-5-7-12)20-17(25)13-8-24(9-13)16-14-15(18-10-19-16)23(2)22-21-14/h3-7,10-11,13H,8-9H2,1-2H3,(H,20,25)/t11-/m0/s1. The minimum Gasteiger partial charge on any atom is -0.353 e. The lowest BCUT2D eigenvalue weighted by atomic mass is 9.98. The van der Waals surface area contributed by atoms with Gasteiger partial charge in [0.2, 0.25) is 5.91 Å². The smallest absolute Gasteiger partial charge is 0.227 e. The lowest BCUT2D eigenvalue weighted by Crippen LogP contribution is -2.54. The largest absolute Gasteiger partial charge is 0.353 e. The molecule has 8 heteroatoms. The number of fused-ring (bicyclic) bond motifs is 1. The van der Waals surface area contributed by atoms with E-state index in [2.05, 4.69) is 25.6 Å². The zero-order valence-corrected chi connectivity index (χ0v) is 14.1. The van der Waals surface area contributed by atoms with Crippen LogP contribution in [0.4, 0.5) is 5.82 Å². The lowest BCUT2D eigenvalue weighted by Gasteiger charge is -2.39. The zero-order chi connectivity index (χ0) is 17.4. The van der Waals surface area contributed by atoms with Crippen molar-refractivity contribution in [1.82, 2.24) is 30.3 Å². The van der Waals surface area contributed by atoms with Crippen LogP contribution in [-0.4, -0.2) is 44.0 Å². The molecule has 1 amide bonds. The third-order valence-corrected chi connectivity index (χ3v) is 4.58. The Morgan fingerprint density at radius 1 is 1.24 bits per heavy atom. The minimum atomic E-state index is -0.0483. The van der Waals surface area contributed by atoms with Crippen molar-refractivity contribution >= 4 is 22.9 Å². The first-order valence-corrected chi connectivity index (χ1v) is 8.24. The van der Waals surface area contributed by atoms with Gasteiger partial charge in [0.1, 0.15) is 6.33 Å². The van der Waals surface area contributed by atoms with Crippen molar-refractivity contribution in [3.63, 3.8) is 0 Å². The number of aryl methyl sites for hydroxylation is 1. The fraction of sp³-hybridized carbons (Fsp3) is 0.353. The van der Waals surface area contributed by atoms with Crippen LogP contribution in [0.15, 0.2) is 36.7 Å². The van der Waals surface area contributed by atoms with Crippen LogP contribution in [0.3, 0.4) is 0 Å². The molecule has 2 aromatic heterocycles. The molecule has 25 heavy (non-hydrogen) atoms. The molecule has 3 heterocycles. The number of hydrogen-bond acceptors (Lipinski definition) is 6. The molecule has 1 atom stereocenters. The Labute approximate surface area is 144 Å². The summed E-state index contributed by atoms with van der Waals surface area (Å²) in [7, 11) is 1.80. The highest BCUT2D eigenvalue weighted by atomic mass is 16.2. The molecule has 1 aromatic carbocycles. The van der Waals surface area contributed by atoms with Crippen LogP contribution in [0.1, 0.15) is 18.5 Å². The van der Waals surface area contributed by atoms with E-state index in [0.29, 0.717) is 24.3 Å². The summed E-state index contributed by atoms with van der Waals surface area (Å²) in [4.78, 5) is 23.0. The number of amides is 1. The lowest BCUT2D eigenvalue weighted by molar-refractivity contribution is -0.126. The van der Waals surface area contributed by atoms with Gasteiger partial charge in [-0.2, -0.15) is 0 Å². The number of aromatic nitrogens is 5. The fourth-order valence-corrected chi connectivity index (χ4v) is 3.05. The second-order valence-electron chi connectivity index (χ2n) is 6.33. The molecule has 1 saturated heterocycles. The summed E-state index contributed by atoms with van der Waals surface area (Å²) in [6.07, 6.45) is 1.51. The topological polar surface area (TPSA) is 88.8 Å². The summed E-state index contributed by atoms with van der Waals surface area (Å²) in [5, 5.41) is 11.2. The summed E-state index contributed by atoms with van der Waals surface area (Å²) in [5.74, 6) is 0.753. The van der Waals surface area contributed by atoms with E-state index in [1.807, 2.05) is 42.2 Å². The van der Waals surface area contributed by atoms with E-state index in [4.69, 9.17) is 0 Å². The van der Waals surface area contributed by atoms with Crippen LogP contribution >= 0.6 is 0 Å². The van der Waals surface area contributed by atoms with Gasteiger partial charge < -0.3 is 10.2 Å². The van der Waals surface area contributed by atoms with Crippen molar-refractivity contribution in [2.75, 3.05) is 18.0 Å². The molecule has 128 valence electrons. The highest BCUT2D eigenvalue weighted by Crippen LogP contribution is 2.27. The molecule has 1 N–H and O–H groups in total. The maximum Gasteiger partial charge on any atom is 0.227 e. The molecule has 0 spiro atoms. The van der Waals surface area contributed by atoms with Gasteiger partial charge in [-0.15, -0.1) is 5.10 Å². The number of nitrogens with zero attached hydrogens (tertiary/aromatic N) is 6. The molecule has 0 unspecified atom stereocenters. The van der Waals surface area contributed by atoms with Crippen LogP contribution in [0.25, 0.3) is 11.2 Å². The highest BCUT2D eigenvalue weighted by molar-refractivity contribution is 5.86. The van der Waals surface area contributed by atoms with Crippen LogP contribution in [-0.2, 0) is 11.8 Å². The van der Waals surface area contributed by atoms with E-state index in [9.17, 15) is 4.79 Å². The molecule has 1 aliphatic heterocycles. The van der Waals surface area contributed by atoms with E-state index < -0.39 is 0 Å². The van der Waals surface area contributed by atoms with Crippen LogP contribution in [0.5, 0.6) is 0 Å². The Morgan fingerprint density at radius 3 is 2.76 bits per heavy atom. The molecular formula is C17H19N7O. The number of carbonyl (C=O) groups is 1. The zero-order valence-electron chi connectivity index (χ0n) is 14.1. The van der Waals surface area contributed by atoms with Gasteiger partial charge in [0.25, 0.3) is 0 Å². The Kier molecular flexibility index (Phi) is 3.79. The first-order chi connectivity index (χ1) is 12.1. The van der Waals surface area contributed by atoms with E-state index in [1.54, 1.807) is 11.7 Å². The molecule has 1 fully saturated rings. The molecular weight excluding hydrogens is 318 g/mol. The van der Waals surface area contributed by atoms with Gasteiger partial charge in [0.15, 0.2) is 17.0 Å². The SMILES string of the molecule is C[C@H](NC(=O)C1CN(c2ncnc3c2nnn3C)C1)c1ccccc1. The third kappa shape index (κ3) is 2.79. The molecule has 0 aliphatic carbocycles. The Balaban J connectivity index is 1.40. The van der Waals surface area contributed by atoms with Crippen molar-refractivity contribution in [2.45, 2.75) is 13.0 Å². The third-order valence-electron chi connectivity index (χ3n) is 4.58. The average Bonchev–Trinajstić information content (AvgIpc) is 2.96. The fourth-order valence-electron chi connectivity index (χ4n) is 3.05.